The molecule has 4 rings (SSSR count). The molecule has 1 atom stereocenters. The second kappa shape index (κ2) is 6.70. The lowest BCUT2D eigenvalue weighted by Gasteiger charge is -2.23. The van der Waals surface area contributed by atoms with E-state index in [0.717, 1.165) is 40.6 Å². The summed E-state index contributed by atoms with van der Waals surface area (Å²) in [5, 5.41) is 23.4. The molecule has 6 nitrogen and oxygen atoms in total. The molecule has 1 aliphatic carbocycles. The standard InChI is InChI=1S/C21H24N4O2/c1-21(2,12-26)14-7-8-15-13(10-14)6-9-18(15)24-20(27)23-17-4-3-5-19-16(17)11-22-25-19/h3-5,7-8,10-11,18,26H,6,9,12H2,1-2H3,(H,22,25)(H2,23,24,27)/t18-/m1/s1. The number of nitrogens with zero attached hydrogens (tertiary/aromatic N) is 1. The van der Waals surface area contributed by atoms with Gasteiger partial charge in [-0.15, -0.1) is 0 Å². The second-order valence-electron chi connectivity index (χ2n) is 7.78. The molecule has 3 aromatic rings. The van der Waals surface area contributed by atoms with Crippen molar-refractivity contribution in [2.24, 2.45) is 0 Å². The van der Waals surface area contributed by atoms with Crippen LogP contribution in [0, 0.1) is 0 Å². The number of urea groups is 1. The van der Waals surface area contributed by atoms with E-state index >= 15 is 0 Å². The fourth-order valence-corrected chi connectivity index (χ4v) is 3.67. The molecule has 0 aliphatic heterocycles. The van der Waals surface area contributed by atoms with E-state index in [1.54, 1.807) is 6.20 Å². The van der Waals surface area contributed by atoms with Crippen molar-refractivity contribution in [2.75, 3.05) is 11.9 Å². The predicted octanol–water partition coefficient (Wildman–Crippen LogP) is 3.64. The topological polar surface area (TPSA) is 90.0 Å². The number of rotatable bonds is 4. The van der Waals surface area contributed by atoms with Crippen LogP contribution in [0.2, 0.25) is 0 Å². The maximum absolute atomic E-state index is 12.5. The summed E-state index contributed by atoms with van der Waals surface area (Å²) in [6.45, 7) is 4.17. The average Bonchev–Trinajstić information content (AvgIpc) is 3.29. The third-order valence-electron chi connectivity index (χ3n) is 5.44. The van der Waals surface area contributed by atoms with Gasteiger partial charge < -0.3 is 15.7 Å². The van der Waals surface area contributed by atoms with Gasteiger partial charge in [-0.3, -0.25) is 5.10 Å². The number of aromatic nitrogens is 2. The van der Waals surface area contributed by atoms with E-state index in [4.69, 9.17) is 0 Å². The molecular formula is C21H24N4O2. The lowest BCUT2D eigenvalue weighted by molar-refractivity contribution is 0.218. The van der Waals surface area contributed by atoms with Gasteiger partial charge in [-0.05, 0) is 41.7 Å². The minimum absolute atomic E-state index is 0.00478. The number of aromatic amines is 1. The van der Waals surface area contributed by atoms with Crippen molar-refractivity contribution in [3.8, 4) is 0 Å². The molecule has 0 bridgehead atoms. The predicted molar refractivity (Wildman–Crippen MR) is 106 cm³/mol. The summed E-state index contributed by atoms with van der Waals surface area (Å²) in [6.07, 6.45) is 3.51. The number of anilines is 1. The molecular weight excluding hydrogens is 340 g/mol. The molecule has 27 heavy (non-hydrogen) atoms. The molecule has 1 aliphatic rings. The molecule has 2 amide bonds. The zero-order valence-corrected chi connectivity index (χ0v) is 15.5. The Kier molecular flexibility index (Phi) is 4.36. The molecule has 140 valence electrons. The molecule has 0 unspecified atom stereocenters. The molecule has 4 N–H and O–H groups in total. The first-order chi connectivity index (χ1) is 13.0. The number of carbonyl (C=O) groups is 1. The van der Waals surface area contributed by atoms with Gasteiger partial charge in [0.1, 0.15) is 0 Å². The Hall–Kier alpha value is -2.86. The molecule has 0 fully saturated rings. The highest BCUT2D eigenvalue weighted by molar-refractivity contribution is 6.00. The molecule has 1 aromatic heterocycles. The van der Waals surface area contributed by atoms with Crippen LogP contribution in [0.3, 0.4) is 0 Å². The summed E-state index contributed by atoms with van der Waals surface area (Å²) in [7, 11) is 0. The number of benzene rings is 2. The SMILES string of the molecule is CC(C)(CO)c1ccc2c(c1)CC[C@H]2NC(=O)Nc1cccc2[nH]ncc12. The quantitative estimate of drug-likeness (QED) is 0.570. The number of aliphatic hydroxyl groups excluding tert-OH is 1. The van der Waals surface area contributed by atoms with Gasteiger partial charge in [0.25, 0.3) is 0 Å². The highest BCUT2D eigenvalue weighted by atomic mass is 16.3. The van der Waals surface area contributed by atoms with Crippen molar-refractivity contribution in [3.05, 3.63) is 59.3 Å². The fraction of sp³-hybridized carbons (Fsp3) is 0.333. The number of aliphatic hydroxyl groups is 1. The number of carbonyl (C=O) groups excluding carboxylic acids is 1. The summed E-state index contributed by atoms with van der Waals surface area (Å²) in [5.74, 6) is 0. The molecule has 2 aromatic carbocycles. The number of H-pyrrole nitrogens is 1. The molecule has 6 heteroatoms. The third kappa shape index (κ3) is 3.28. The van der Waals surface area contributed by atoms with Gasteiger partial charge in [0.15, 0.2) is 0 Å². The first kappa shape index (κ1) is 17.5. The lowest BCUT2D eigenvalue weighted by Crippen LogP contribution is -2.31. The van der Waals surface area contributed by atoms with Crippen molar-refractivity contribution in [2.45, 2.75) is 38.1 Å². The van der Waals surface area contributed by atoms with Crippen molar-refractivity contribution in [1.82, 2.24) is 15.5 Å². The van der Waals surface area contributed by atoms with Crippen LogP contribution in [-0.2, 0) is 11.8 Å². The van der Waals surface area contributed by atoms with E-state index in [1.807, 2.05) is 32.0 Å². The summed E-state index contributed by atoms with van der Waals surface area (Å²) in [6, 6.07) is 11.7. The van der Waals surface area contributed by atoms with Crippen LogP contribution in [0.5, 0.6) is 0 Å². The Morgan fingerprint density at radius 2 is 2.19 bits per heavy atom. The minimum atomic E-state index is -0.263. The number of hydrogen-bond donors (Lipinski definition) is 4. The Morgan fingerprint density at radius 3 is 3.00 bits per heavy atom. The summed E-state index contributed by atoms with van der Waals surface area (Å²) < 4.78 is 0. The maximum Gasteiger partial charge on any atom is 0.319 e. The summed E-state index contributed by atoms with van der Waals surface area (Å²) in [5.41, 5.74) is 4.89. The summed E-state index contributed by atoms with van der Waals surface area (Å²) >= 11 is 0. The van der Waals surface area contributed by atoms with Gasteiger partial charge in [0, 0.05) is 10.8 Å². The van der Waals surface area contributed by atoms with Crippen molar-refractivity contribution >= 4 is 22.6 Å². The van der Waals surface area contributed by atoms with Gasteiger partial charge in [-0.2, -0.15) is 5.10 Å². The van der Waals surface area contributed by atoms with Crippen molar-refractivity contribution < 1.29 is 9.90 Å². The second-order valence-corrected chi connectivity index (χ2v) is 7.78. The Bertz CT molecular complexity index is 993. The third-order valence-corrected chi connectivity index (χ3v) is 5.44. The minimum Gasteiger partial charge on any atom is -0.395 e. The van der Waals surface area contributed by atoms with E-state index in [2.05, 4.69) is 39.0 Å². The first-order valence-electron chi connectivity index (χ1n) is 9.22. The number of nitrogens with one attached hydrogen (secondary N) is 3. The Balaban J connectivity index is 1.49. The first-order valence-corrected chi connectivity index (χ1v) is 9.22. The van der Waals surface area contributed by atoms with E-state index in [-0.39, 0.29) is 24.1 Å². The maximum atomic E-state index is 12.5. The number of aryl methyl sites for hydroxylation is 1. The smallest absolute Gasteiger partial charge is 0.319 e. The van der Waals surface area contributed by atoms with Crippen LogP contribution in [0.25, 0.3) is 10.9 Å². The van der Waals surface area contributed by atoms with E-state index in [0.29, 0.717) is 0 Å². The van der Waals surface area contributed by atoms with Crippen LogP contribution in [0.1, 0.15) is 43.0 Å². The zero-order chi connectivity index (χ0) is 19.0. The Morgan fingerprint density at radius 1 is 1.33 bits per heavy atom. The van der Waals surface area contributed by atoms with Gasteiger partial charge in [-0.1, -0.05) is 38.1 Å². The largest absolute Gasteiger partial charge is 0.395 e. The molecule has 1 heterocycles. The number of fused-ring (bicyclic) bond motifs is 2. The van der Waals surface area contributed by atoms with Gasteiger partial charge in [0.2, 0.25) is 0 Å². The number of hydrogen-bond acceptors (Lipinski definition) is 3. The Labute approximate surface area is 158 Å². The highest BCUT2D eigenvalue weighted by Crippen LogP contribution is 2.34. The molecule has 0 saturated carbocycles. The monoisotopic (exact) mass is 364 g/mol. The normalized spacial score (nSPS) is 16.3. The molecule has 0 saturated heterocycles. The van der Waals surface area contributed by atoms with Crippen LogP contribution in [0.4, 0.5) is 10.5 Å². The fourth-order valence-electron chi connectivity index (χ4n) is 3.67. The van der Waals surface area contributed by atoms with Crippen molar-refractivity contribution in [1.29, 1.82) is 0 Å². The zero-order valence-electron chi connectivity index (χ0n) is 15.5. The lowest BCUT2D eigenvalue weighted by atomic mass is 9.84. The van der Waals surface area contributed by atoms with Crippen LogP contribution >= 0.6 is 0 Å². The van der Waals surface area contributed by atoms with Crippen LogP contribution < -0.4 is 10.6 Å². The van der Waals surface area contributed by atoms with E-state index in [1.165, 1.54) is 5.56 Å². The van der Waals surface area contributed by atoms with Crippen molar-refractivity contribution in [3.63, 3.8) is 0 Å². The van der Waals surface area contributed by atoms with Crippen LogP contribution in [0.15, 0.2) is 42.6 Å². The molecule has 0 radical (unpaired) electrons. The number of amides is 2. The van der Waals surface area contributed by atoms with Gasteiger partial charge in [-0.25, -0.2) is 4.79 Å². The highest BCUT2D eigenvalue weighted by Gasteiger charge is 2.27. The summed E-state index contributed by atoms with van der Waals surface area (Å²) in [4.78, 5) is 12.5. The average molecular weight is 364 g/mol. The van der Waals surface area contributed by atoms with Gasteiger partial charge in [0.05, 0.1) is 30.0 Å². The van der Waals surface area contributed by atoms with E-state index < -0.39 is 0 Å². The van der Waals surface area contributed by atoms with Crippen LogP contribution in [-0.4, -0.2) is 27.9 Å². The van der Waals surface area contributed by atoms with E-state index in [9.17, 15) is 9.90 Å². The molecule has 0 spiro atoms. The van der Waals surface area contributed by atoms with Gasteiger partial charge >= 0.3 is 6.03 Å².